The van der Waals surface area contributed by atoms with Gasteiger partial charge in [-0.1, -0.05) is 190 Å². The third-order valence-corrected chi connectivity index (χ3v) is 11.7. The zero-order valence-electron chi connectivity index (χ0n) is 31.7. The predicted molar refractivity (Wildman–Crippen MR) is 238 cm³/mol. The molecule has 0 aliphatic heterocycles. The SMILES string of the molecule is CC1(C)c2c(-c3ccccc3)cccc2-c2c(-c3ccc(N(c4ccc(-c5ccccc5)cc4)c4ccc(-c5ccccc5)cc4)cc3)ccc3cccc1c23. The van der Waals surface area contributed by atoms with Gasteiger partial charge in [-0.25, -0.2) is 0 Å². The molecule has 9 aromatic carbocycles. The molecule has 0 amide bonds. The van der Waals surface area contributed by atoms with Crippen molar-refractivity contribution < 1.29 is 0 Å². The summed E-state index contributed by atoms with van der Waals surface area (Å²) < 4.78 is 0. The van der Waals surface area contributed by atoms with Crippen LogP contribution in [0.3, 0.4) is 0 Å². The van der Waals surface area contributed by atoms with Crippen molar-refractivity contribution in [2.45, 2.75) is 19.3 Å². The molecule has 0 radical (unpaired) electrons. The van der Waals surface area contributed by atoms with E-state index in [9.17, 15) is 0 Å². The van der Waals surface area contributed by atoms with Crippen LogP contribution in [-0.4, -0.2) is 0 Å². The third-order valence-electron chi connectivity index (χ3n) is 11.7. The van der Waals surface area contributed by atoms with Gasteiger partial charge < -0.3 is 4.90 Å². The molecule has 0 saturated carbocycles. The van der Waals surface area contributed by atoms with E-state index in [0.717, 1.165) is 17.1 Å². The van der Waals surface area contributed by atoms with Crippen molar-refractivity contribution in [3.05, 3.63) is 223 Å². The van der Waals surface area contributed by atoms with Gasteiger partial charge in [-0.3, -0.25) is 0 Å². The fourth-order valence-electron chi connectivity index (χ4n) is 8.95. The van der Waals surface area contributed by atoms with Crippen molar-refractivity contribution in [2.75, 3.05) is 4.90 Å². The molecule has 266 valence electrons. The van der Waals surface area contributed by atoms with Crippen LogP contribution < -0.4 is 4.90 Å². The number of hydrogen-bond acceptors (Lipinski definition) is 1. The summed E-state index contributed by atoms with van der Waals surface area (Å²) in [4.78, 5) is 2.36. The second kappa shape index (κ2) is 13.7. The van der Waals surface area contributed by atoms with Crippen LogP contribution in [0.25, 0.3) is 66.4 Å². The van der Waals surface area contributed by atoms with E-state index in [0.29, 0.717) is 0 Å². The van der Waals surface area contributed by atoms with Crippen LogP contribution in [0.2, 0.25) is 0 Å². The summed E-state index contributed by atoms with van der Waals surface area (Å²) in [7, 11) is 0. The zero-order valence-corrected chi connectivity index (χ0v) is 31.7. The smallest absolute Gasteiger partial charge is 0.0462 e. The van der Waals surface area contributed by atoms with Crippen LogP contribution in [0.15, 0.2) is 212 Å². The van der Waals surface area contributed by atoms with Gasteiger partial charge in [0.2, 0.25) is 0 Å². The molecule has 9 aromatic rings. The minimum absolute atomic E-state index is 0.177. The molecule has 10 rings (SSSR count). The Kier molecular flexibility index (Phi) is 8.23. The molecule has 0 unspecified atom stereocenters. The highest BCUT2D eigenvalue weighted by Gasteiger charge is 2.36. The molecule has 0 heterocycles. The molecule has 0 N–H and O–H groups in total. The lowest BCUT2D eigenvalue weighted by atomic mass is 9.65. The molecular formula is C55H41N. The van der Waals surface area contributed by atoms with Gasteiger partial charge in [-0.15, -0.1) is 0 Å². The summed E-state index contributed by atoms with van der Waals surface area (Å²) in [6.45, 7) is 4.79. The molecule has 0 saturated heterocycles. The van der Waals surface area contributed by atoms with Crippen LogP contribution in [0.5, 0.6) is 0 Å². The van der Waals surface area contributed by atoms with Crippen LogP contribution in [0, 0.1) is 0 Å². The van der Waals surface area contributed by atoms with E-state index in [1.807, 2.05) is 0 Å². The highest BCUT2D eigenvalue weighted by atomic mass is 15.1. The Morgan fingerprint density at radius 2 is 0.750 bits per heavy atom. The van der Waals surface area contributed by atoms with Gasteiger partial charge in [0.05, 0.1) is 0 Å². The summed E-state index contributed by atoms with van der Waals surface area (Å²) >= 11 is 0. The van der Waals surface area contributed by atoms with E-state index >= 15 is 0 Å². The van der Waals surface area contributed by atoms with Crippen LogP contribution in [0.4, 0.5) is 17.1 Å². The minimum atomic E-state index is -0.177. The Labute approximate surface area is 329 Å². The van der Waals surface area contributed by atoms with Gasteiger partial charge in [0.1, 0.15) is 0 Å². The lowest BCUT2D eigenvalue weighted by Crippen LogP contribution is -2.25. The first-order chi connectivity index (χ1) is 27.5. The monoisotopic (exact) mass is 715 g/mol. The maximum absolute atomic E-state index is 2.39. The van der Waals surface area contributed by atoms with Crippen LogP contribution in [0.1, 0.15) is 25.0 Å². The highest BCUT2D eigenvalue weighted by molar-refractivity contribution is 6.10. The quantitative estimate of drug-likeness (QED) is 0.159. The van der Waals surface area contributed by atoms with E-state index in [2.05, 4.69) is 231 Å². The first kappa shape index (κ1) is 33.6. The molecule has 0 bridgehead atoms. The molecule has 0 atom stereocenters. The Hall–Kier alpha value is -6.96. The van der Waals surface area contributed by atoms with Gasteiger partial charge in [0.15, 0.2) is 0 Å². The normalized spacial score (nSPS) is 12.6. The molecule has 1 nitrogen and oxygen atoms in total. The van der Waals surface area contributed by atoms with E-state index < -0.39 is 0 Å². The number of nitrogens with zero attached hydrogens (tertiary/aromatic N) is 1. The van der Waals surface area contributed by atoms with E-state index in [-0.39, 0.29) is 5.41 Å². The minimum Gasteiger partial charge on any atom is -0.311 e. The van der Waals surface area contributed by atoms with Crippen molar-refractivity contribution >= 4 is 27.8 Å². The number of rotatable bonds is 7. The molecule has 0 aromatic heterocycles. The van der Waals surface area contributed by atoms with E-state index in [1.54, 1.807) is 0 Å². The number of benzene rings is 9. The Balaban J connectivity index is 1.10. The molecule has 0 fully saturated rings. The lowest BCUT2D eigenvalue weighted by Gasteiger charge is -2.38. The lowest BCUT2D eigenvalue weighted by molar-refractivity contribution is 0.647. The third kappa shape index (κ3) is 5.72. The van der Waals surface area contributed by atoms with Crippen LogP contribution in [-0.2, 0) is 5.41 Å². The first-order valence-corrected chi connectivity index (χ1v) is 19.5. The average Bonchev–Trinajstić information content (AvgIpc) is 3.27. The van der Waals surface area contributed by atoms with Crippen molar-refractivity contribution in [2.24, 2.45) is 0 Å². The maximum atomic E-state index is 2.39. The van der Waals surface area contributed by atoms with E-state index in [4.69, 9.17) is 0 Å². The summed E-state index contributed by atoms with van der Waals surface area (Å²) in [6.07, 6.45) is 0. The fourth-order valence-corrected chi connectivity index (χ4v) is 8.95. The van der Waals surface area contributed by atoms with Gasteiger partial charge in [-0.05, 0) is 114 Å². The van der Waals surface area contributed by atoms with Crippen LogP contribution >= 0.6 is 0 Å². The Morgan fingerprint density at radius 3 is 1.29 bits per heavy atom. The predicted octanol–water partition coefficient (Wildman–Crippen LogP) is 15.3. The number of fused-ring (bicyclic) bond motifs is 2. The van der Waals surface area contributed by atoms with Crippen molar-refractivity contribution in [1.29, 1.82) is 0 Å². The van der Waals surface area contributed by atoms with Gasteiger partial charge in [0.25, 0.3) is 0 Å². The standard InChI is InChI=1S/C55H41N/c1-55(2)51-23-12-20-44-30-37-48(53(52(44)51)50-22-13-21-49(54(50)55)42-18-10-5-11-19-42)43-28-35-47(36-29-43)56(45-31-24-40(25-32-45)38-14-6-3-7-15-38)46-33-26-41(27-34-46)39-16-8-4-9-17-39/h3-37H,1-2H3. The molecule has 56 heavy (non-hydrogen) atoms. The maximum Gasteiger partial charge on any atom is 0.0462 e. The fraction of sp³-hybridized carbons (Fsp3) is 0.0545. The molecule has 1 heteroatoms. The summed E-state index contributed by atoms with van der Waals surface area (Å²) in [5.41, 5.74) is 18.4. The number of anilines is 3. The average molecular weight is 716 g/mol. The Morgan fingerprint density at radius 1 is 0.321 bits per heavy atom. The molecule has 1 aliphatic carbocycles. The molecular weight excluding hydrogens is 675 g/mol. The second-order valence-corrected chi connectivity index (χ2v) is 15.3. The van der Waals surface area contributed by atoms with Gasteiger partial charge in [0, 0.05) is 22.5 Å². The molecule has 0 spiro atoms. The van der Waals surface area contributed by atoms with E-state index in [1.165, 1.54) is 77.5 Å². The Bertz CT molecular complexity index is 2740. The topological polar surface area (TPSA) is 3.24 Å². The number of hydrogen-bond donors (Lipinski definition) is 0. The summed E-state index contributed by atoms with van der Waals surface area (Å²) in [5.74, 6) is 0. The van der Waals surface area contributed by atoms with Crippen molar-refractivity contribution in [3.8, 4) is 55.6 Å². The summed E-state index contributed by atoms with van der Waals surface area (Å²) in [6, 6.07) is 77.4. The zero-order chi connectivity index (χ0) is 37.6. The second-order valence-electron chi connectivity index (χ2n) is 15.3. The van der Waals surface area contributed by atoms with Gasteiger partial charge in [-0.2, -0.15) is 0 Å². The highest BCUT2D eigenvalue weighted by Crippen LogP contribution is 2.54. The molecule has 1 aliphatic rings. The first-order valence-electron chi connectivity index (χ1n) is 19.5. The van der Waals surface area contributed by atoms with Crippen molar-refractivity contribution in [3.63, 3.8) is 0 Å². The van der Waals surface area contributed by atoms with Gasteiger partial charge >= 0.3 is 0 Å². The largest absolute Gasteiger partial charge is 0.311 e. The van der Waals surface area contributed by atoms with Crippen molar-refractivity contribution in [1.82, 2.24) is 0 Å². The summed E-state index contributed by atoms with van der Waals surface area (Å²) in [5, 5.41) is 2.64.